The molecule has 0 bridgehead atoms. The van der Waals surface area contributed by atoms with E-state index in [4.69, 9.17) is 0 Å². The maximum Gasteiger partial charge on any atom is 0.258 e. The Labute approximate surface area is 158 Å². The topological polar surface area (TPSA) is 61.8 Å². The number of rotatable bonds is 4. The third kappa shape index (κ3) is 4.70. The van der Waals surface area contributed by atoms with Gasteiger partial charge in [0.05, 0.1) is 5.75 Å². The van der Waals surface area contributed by atoms with Crippen molar-refractivity contribution in [2.45, 2.75) is 6.92 Å². The molecule has 0 atom stereocenters. The Morgan fingerprint density at radius 1 is 1.28 bits per heavy atom. The van der Waals surface area contributed by atoms with E-state index in [1.165, 1.54) is 11.8 Å². The van der Waals surface area contributed by atoms with Crippen molar-refractivity contribution < 1.29 is 9.59 Å². The second kappa shape index (κ2) is 7.84. The maximum absolute atomic E-state index is 12.5. The van der Waals surface area contributed by atoms with E-state index in [-0.39, 0.29) is 18.4 Å². The molecule has 128 valence electrons. The molecule has 2 aromatic carbocycles. The normalized spacial score (nSPS) is 13.5. The maximum atomic E-state index is 12.5. The molecule has 1 aliphatic heterocycles. The third-order valence-electron chi connectivity index (χ3n) is 3.52. The number of nitrogens with zero attached hydrogens (tertiary/aromatic N) is 2. The standard InChI is InChI=1S/C18H16BrN3O2S/c1-12-3-2-4-15(9-12)22(18-21-17(24)11-25-18)10-16(23)20-14-7-5-13(19)6-8-14/h2-9H,10-11H2,1H3,(H,20,23). The number of amides is 2. The number of hydrogen-bond donors (Lipinski definition) is 1. The first-order valence-electron chi connectivity index (χ1n) is 7.65. The van der Waals surface area contributed by atoms with Crippen molar-refractivity contribution in [1.82, 2.24) is 0 Å². The van der Waals surface area contributed by atoms with Gasteiger partial charge in [-0.25, -0.2) is 0 Å². The Morgan fingerprint density at radius 2 is 2.04 bits per heavy atom. The summed E-state index contributed by atoms with van der Waals surface area (Å²) in [5.74, 6) is -0.0381. The van der Waals surface area contributed by atoms with E-state index in [0.717, 1.165) is 21.4 Å². The lowest BCUT2D eigenvalue weighted by atomic mass is 10.2. The Bertz CT molecular complexity index is 836. The first kappa shape index (κ1) is 17.7. The zero-order chi connectivity index (χ0) is 17.8. The highest BCUT2D eigenvalue weighted by atomic mass is 79.9. The fraction of sp³-hybridized carbons (Fsp3) is 0.167. The number of nitrogens with one attached hydrogen (secondary N) is 1. The van der Waals surface area contributed by atoms with Gasteiger partial charge in [-0.3, -0.25) is 9.59 Å². The van der Waals surface area contributed by atoms with Crippen LogP contribution in [0, 0.1) is 6.92 Å². The minimum Gasteiger partial charge on any atom is -0.325 e. The SMILES string of the molecule is Cc1cccc(N(CC(=O)Nc2ccc(Br)cc2)C2=NC(=O)CS2)c1. The van der Waals surface area contributed by atoms with Crippen molar-refractivity contribution in [3.05, 3.63) is 58.6 Å². The van der Waals surface area contributed by atoms with Crippen molar-refractivity contribution in [3.63, 3.8) is 0 Å². The lowest BCUT2D eigenvalue weighted by Gasteiger charge is -2.23. The number of amidine groups is 1. The van der Waals surface area contributed by atoms with E-state index < -0.39 is 0 Å². The predicted octanol–water partition coefficient (Wildman–Crippen LogP) is 3.83. The van der Waals surface area contributed by atoms with Gasteiger partial charge in [-0.05, 0) is 48.9 Å². The van der Waals surface area contributed by atoms with Crippen LogP contribution in [0.2, 0.25) is 0 Å². The molecule has 2 amide bonds. The molecule has 1 aliphatic rings. The van der Waals surface area contributed by atoms with Crippen LogP contribution < -0.4 is 10.2 Å². The minimum atomic E-state index is -0.175. The van der Waals surface area contributed by atoms with Gasteiger partial charge in [0.1, 0.15) is 6.54 Å². The van der Waals surface area contributed by atoms with Gasteiger partial charge in [0.2, 0.25) is 5.91 Å². The number of halogens is 1. The molecule has 0 aliphatic carbocycles. The van der Waals surface area contributed by atoms with Gasteiger partial charge >= 0.3 is 0 Å². The zero-order valence-electron chi connectivity index (χ0n) is 13.5. The van der Waals surface area contributed by atoms with Crippen molar-refractivity contribution in [1.29, 1.82) is 0 Å². The number of hydrogen-bond acceptors (Lipinski definition) is 4. The smallest absolute Gasteiger partial charge is 0.258 e. The molecule has 7 heteroatoms. The molecule has 2 aromatic rings. The molecule has 25 heavy (non-hydrogen) atoms. The van der Waals surface area contributed by atoms with Crippen LogP contribution >= 0.6 is 27.7 Å². The molecule has 0 fully saturated rings. The van der Waals surface area contributed by atoms with E-state index in [2.05, 4.69) is 26.2 Å². The van der Waals surface area contributed by atoms with Gasteiger partial charge in [-0.15, -0.1) is 0 Å². The van der Waals surface area contributed by atoms with Crippen molar-refractivity contribution in [3.8, 4) is 0 Å². The van der Waals surface area contributed by atoms with E-state index in [1.807, 2.05) is 55.5 Å². The van der Waals surface area contributed by atoms with Crippen LogP contribution in [0.3, 0.4) is 0 Å². The minimum absolute atomic E-state index is 0.0820. The molecule has 0 spiro atoms. The summed E-state index contributed by atoms with van der Waals surface area (Å²) in [7, 11) is 0. The molecule has 0 saturated heterocycles. The number of benzene rings is 2. The van der Waals surface area contributed by atoms with Crippen LogP contribution in [0.4, 0.5) is 11.4 Å². The molecule has 0 unspecified atom stereocenters. The number of carbonyl (C=O) groups excluding carboxylic acids is 2. The molecule has 0 radical (unpaired) electrons. The molecule has 1 N–H and O–H groups in total. The summed E-state index contributed by atoms with van der Waals surface area (Å²) in [5, 5.41) is 3.43. The van der Waals surface area contributed by atoms with Gasteiger partial charge < -0.3 is 10.2 Å². The first-order valence-corrected chi connectivity index (χ1v) is 9.43. The number of anilines is 2. The second-order valence-corrected chi connectivity index (χ2v) is 7.42. The fourth-order valence-corrected chi connectivity index (χ4v) is 3.45. The fourth-order valence-electron chi connectivity index (χ4n) is 2.38. The average Bonchev–Trinajstić information content (AvgIpc) is 3.01. The van der Waals surface area contributed by atoms with E-state index >= 15 is 0 Å². The molecular weight excluding hydrogens is 402 g/mol. The van der Waals surface area contributed by atoms with Gasteiger partial charge in [0.25, 0.3) is 5.91 Å². The van der Waals surface area contributed by atoms with Gasteiger partial charge in [-0.2, -0.15) is 4.99 Å². The highest BCUT2D eigenvalue weighted by Gasteiger charge is 2.24. The average molecular weight is 418 g/mol. The first-order chi connectivity index (χ1) is 12.0. The number of thioether (sulfide) groups is 1. The molecule has 1 heterocycles. The number of aryl methyl sites for hydroxylation is 1. The summed E-state index contributed by atoms with van der Waals surface area (Å²) < 4.78 is 0.946. The summed E-state index contributed by atoms with van der Waals surface area (Å²) in [6.45, 7) is 2.07. The Balaban J connectivity index is 1.80. The van der Waals surface area contributed by atoms with Crippen LogP contribution in [0.1, 0.15) is 5.56 Å². The second-order valence-electron chi connectivity index (χ2n) is 5.56. The summed E-state index contributed by atoms with van der Waals surface area (Å²) in [4.78, 5) is 29.8. The van der Waals surface area contributed by atoms with Crippen LogP contribution in [0.15, 0.2) is 58.0 Å². The van der Waals surface area contributed by atoms with Crippen LogP contribution in [-0.2, 0) is 9.59 Å². The van der Waals surface area contributed by atoms with Crippen LogP contribution in [-0.4, -0.2) is 29.3 Å². The van der Waals surface area contributed by atoms with Crippen molar-refractivity contribution in [2.24, 2.45) is 4.99 Å². The van der Waals surface area contributed by atoms with Gasteiger partial charge in [-0.1, -0.05) is 39.8 Å². The lowest BCUT2D eigenvalue weighted by molar-refractivity contribution is -0.116. The van der Waals surface area contributed by atoms with E-state index in [9.17, 15) is 9.59 Å². The highest BCUT2D eigenvalue weighted by Crippen LogP contribution is 2.24. The molecule has 5 nitrogen and oxygen atoms in total. The summed E-state index contributed by atoms with van der Waals surface area (Å²) in [5.41, 5.74) is 2.63. The Morgan fingerprint density at radius 3 is 2.68 bits per heavy atom. The monoisotopic (exact) mass is 417 g/mol. The predicted molar refractivity (Wildman–Crippen MR) is 106 cm³/mol. The van der Waals surface area contributed by atoms with Gasteiger partial charge in [0.15, 0.2) is 5.17 Å². The molecule has 3 rings (SSSR count). The Hall–Kier alpha value is -2.12. The van der Waals surface area contributed by atoms with Crippen molar-refractivity contribution in [2.75, 3.05) is 22.5 Å². The van der Waals surface area contributed by atoms with Crippen molar-refractivity contribution >= 4 is 56.0 Å². The molecule has 0 saturated carbocycles. The zero-order valence-corrected chi connectivity index (χ0v) is 15.9. The number of aliphatic imine (C=N–C) groups is 1. The summed E-state index contributed by atoms with van der Waals surface area (Å²) in [6, 6.07) is 15.2. The number of carbonyl (C=O) groups is 2. The van der Waals surface area contributed by atoms with E-state index in [1.54, 1.807) is 4.90 Å². The Kier molecular flexibility index (Phi) is 5.55. The molecule has 0 aromatic heterocycles. The largest absolute Gasteiger partial charge is 0.325 e. The summed E-state index contributed by atoms with van der Waals surface area (Å²) >= 11 is 4.72. The van der Waals surface area contributed by atoms with E-state index in [0.29, 0.717) is 10.9 Å². The summed E-state index contributed by atoms with van der Waals surface area (Å²) in [6.07, 6.45) is 0. The lowest BCUT2D eigenvalue weighted by Crippen LogP contribution is -2.36. The van der Waals surface area contributed by atoms with Gasteiger partial charge in [0, 0.05) is 15.8 Å². The molecular formula is C18H16BrN3O2S. The van der Waals surface area contributed by atoms with Crippen LogP contribution in [0.25, 0.3) is 0 Å². The highest BCUT2D eigenvalue weighted by molar-refractivity contribution is 9.10. The third-order valence-corrected chi connectivity index (χ3v) is 5.01. The quantitative estimate of drug-likeness (QED) is 0.820. The van der Waals surface area contributed by atoms with Crippen LogP contribution in [0.5, 0.6) is 0 Å².